The molecule has 4 aromatic rings. The number of hydrogen-bond acceptors (Lipinski definition) is 7. The molecule has 35 heavy (non-hydrogen) atoms. The van der Waals surface area contributed by atoms with Crippen LogP contribution >= 0.6 is 11.3 Å². The molecule has 0 spiro atoms. The summed E-state index contributed by atoms with van der Waals surface area (Å²) in [4.78, 5) is 32.9. The highest BCUT2D eigenvalue weighted by atomic mass is 32.1. The Morgan fingerprint density at radius 1 is 1.11 bits per heavy atom. The van der Waals surface area contributed by atoms with Crippen molar-refractivity contribution in [2.24, 2.45) is 0 Å². The van der Waals surface area contributed by atoms with E-state index >= 15 is 0 Å². The summed E-state index contributed by atoms with van der Waals surface area (Å²) < 4.78 is 20.3. The number of carbonyl (C=O) groups excluding carboxylic acids is 1. The van der Waals surface area contributed by atoms with Crippen LogP contribution in [0.1, 0.15) is 15.9 Å². The quantitative estimate of drug-likeness (QED) is 0.277. The molecule has 1 aromatic heterocycles. The number of carbonyl (C=O) groups is 1. The Kier molecular flexibility index (Phi) is 6.39. The van der Waals surface area contributed by atoms with Crippen molar-refractivity contribution in [1.29, 1.82) is 0 Å². The van der Waals surface area contributed by atoms with Gasteiger partial charge in [0.15, 0.2) is 5.13 Å². The van der Waals surface area contributed by atoms with Crippen molar-refractivity contribution in [3.63, 3.8) is 0 Å². The van der Waals surface area contributed by atoms with E-state index in [1.807, 2.05) is 35.2 Å². The van der Waals surface area contributed by atoms with Crippen LogP contribution in [0.3, 0.4) is 0 Å². The van der Waals surface area contributed by atoms with E-state index in [0.29, 0.717) is 41.8 Å². The number of halogens is 1. The molecule has 1 fully saturated rings. The van der Waals surface area contributed by atoms with Crippen LogP contribution in [-0.4, -0.2) is 42.1 Å². The fourth-order valence-corrected chi connectivity index (χ4v) is 5.02. The highest BCUT2D eigenvalue weighted by Crippen LogP contribution is 2.34. The van der Waals surface area contributed by atoms with Gasteiger partial charge in [0.25, 0.3) is 11.6 Å². The van der Waals surface area contributed by atoms with Gasteiger partial charge in [0.05, 0.1) is 29.4 Å². The van der Waals surface area contributed by atoms with Crippen molar-refractivity contribution in [2.75, 3.05) is 36.1 Å². The van der Waals surface area contributed by atoms with Crippen molar-refractivity contribution < 1.29 is 18.8 Å². The normalized spacial score (nSPS) is 13.7. The molecule has 3 aromatic carbocycles. The van der Waals surface area contributed by atoms with Crippen LogP contribution in [-0.2, 0) is 11.3 Å². The van der Waals surface area contributed by atoms with E-state index in [2.05, 4.69) is 4.98 Å². The van der Waals surface area contributed by atoms with Crippen LogP contribution in [0.2, 0.25) is 0 Å². The molecule has 1 saturated heterocycles. The first-order valence-electron chi connectivity index (χ1n) is 11.0. The summed E-state index contributed by atoms with van der Waals surface area (Å²) in [6.45, 7) is 2.21. The van der Waals surface area contributed by atoms with Gasteiger partial charge in [-0.1, -0.05) is 47.7 Å². The number of nitro groups is 1. The van der Waals surface area contributed by atoms with E-state index in [1.165, 1.54) is 28.4 Å². The van der Waals surface area contributed by atoms with Crippen molar-refractivity contribution in [3.8, 4) is 0 Å². The lowest BCUT2D eigenvalue weighted by Gasteiger charge is -2.28. The number of thiazole rings is 1. The largest absolute Gasteiger partial charge is 0.378 e. The predicted octanol–water partition coefficient (Wildman–Crippen LogP) is 5.03. The molecule has 0 saturated carbocycles. The minimum atomic E-state index is -0.476. The summed E-state index contributed by atoms with van der Waals surface area (Å²) in [6.07, 6.45) is 0. The minimum absolute atomic E-state index is 0.146. The van der Waals surface area contributed by atoms with Gasteiger partial charge in [0.1, 0.15) is 17.0 Å². The summed E-state index contributed by atoms with van der Waals surface area (Å²) in [6, 6.07) is 18.5. The molecule has 1 aliphatic heterocycles. The molecule has 5 rings (SSSR count). The van der Waals surface area contributed by atoms with Gasteiger partial charge in [-0.2, -0.15) is 0 Å². The first-order chi connectivity index (χ1) is 17.0. The van der Waals surface area contributed by atoms with Gasteiger partial charge in [0.2, 0.25) is 0 Å². The number of ether oxygens (including phenoxy) is 1. The second kappa shape index (κ2) is 9.77. The van der Waals surface area contributed by atoms with E-state index in [0.717, 1.165) is 5.56 Å². The Morgan fingerprint density at radius 3 is 2.60 bits per heavy atom. The smallest absolute Gasteiger partial charge is 0.293 e. The van der Waals surface area contributed by atoms with Crippen molar-refractivity contribution in [3.05, 3.63) is 93.8 Å². The second-order valence-corrected chi connectivity index (χ2v) is 9.03. The third kappa shape index (κ3) is 4.71. The van der Waals surface area contributed by atoms with Crippen molar-refractivity contribution in [2.45, 2.75) is 6.54 Å². The molecule has 0 radical (unpaired) electrons. The van der Waals surface area contributed by atoms with Crippen LogP contribution in [0, 0.1) is 15.9 Å². The third-order valence-electron chi connectivity index (χ3n) is 5.79. The Labute approximate surface area is 204 Å². The first-order valence-corrected chi connectivity index (χ1v) is 11.8. The van der Waals surface area contributed by atoms with Gasteiger partial charge >= 0.3 is 0 Å². The molecule has 0 bridgehead atoms. The van der Waals surface area contributed by atoms with Gasteiger partial charge < -0.3 is 9.64 Å². The van der Waals surface area contributed by atoms with Gasteiger partial charge in [-0.25, -0.2) is 9.37 Å². The topological polar surface area (TPSA) is 88.8 Å². The highest BCUT2D eigenvalue weighted by Gasteiger charge is 2.27. The summed E-state index contributed by atoms with van der Waals surface area (Å²) in [7, 11) is 0. The highest BCUT2D eigenvalue weighted by molar-refractivity contribution is 7.22. The fourth-order valence-electron chi connectivity index (χ4n) is 4.04. The summed E-state index contributed by atoms with van der Waals surface area (Å²) in [5.41, 5.74) is 1.50. The Hall–Kier alpha value is -3.89. The maximum atomic E-state index is 14.3. The Balaban J connectivity index is 1.55. The zero-order chi connectivity index (χ0) is 24.4. The number of aromatic nitrogens is 1. The van der Waals surface area contributed by atoms with Crippen LogP contribution in [0.25, 0.3) is 10.2 Å². The maximum absolute atomic E-state index is 14.3. The monoisotopic (exact) mass is 492 g/mol. The first kappa shape index (κ1) is 22.9. The number of nitro benzene ring substituents is 1. The van der Waals surface area contributed by atoms with Gasteiger partial charge in [0, 0.05) is 24.7 Å². The third-order valence-corrected chi connectivity index (χ3v) is 6.83. The van der Waals surface area contributed by atoms with E-state index in [4.69, 9.17) is 4.74 Å². The molecule has 178 valence electrons. The average molecular weight is 493 g/mol. The lowest BCUT2D eigenvalue weighted by Crippen LogP contribution is -2.36. The molecular formula is C25H21FN4O4S. The van der Waals surface area contributed by atoms with Crippen LogP contribution in [0.4, 0.5) is 20.9 Å². The standard InChI is InChI=1S/C25H21FN4O4S/c26-19-7-4-8-22-23(19)27-25(35-22)29(16-17-5-2-1-3-6-17)24(31)18-9-10-20(21(15-18)30(32)33)28-11-13-34-14-12-28/h1-10,15H,11-14,16H2. The van der Waals surface area contributed by atoms with Crippen molar-refractivity contribution >= 4 is 44.0 Å². The molecule has 1 aliphatic rings. The van der Waals surface area contributed by atoms with Crippen LogP contribution in [0.15, 0.2) is 66.7 Å². The zero-order valence-corrected chi connectivity index (χ0v) is 19.4. The van der Waals surface area contributed by atoms with Crippen LogP contribution < -0.4 is 9.80 Å². The molecule has 8 nitrogen and oxygen atoms in total. The molecule has 0 atom stereocenters. The average Bonchev–Trinajstić information content (AvgIpc) is 3.33. The second-order valence-electron chi connectivity index (χ2n) is 8.02. The van der Waals surface area contributed by atoms with Gasteiger partial charge in [-0.3, -0.25) is 19.8 Å². The fraction of sp³-hybridized carbons (Fsp3) is 0.200. The molecular weight excluding hydrogens is 471 g/mol. The number of morpholine rings is 1. The number of hydrogen-bond donors (Lipinski definition) is 0. The number of nitrogens with zero attached hydrogens (tertiary/aromatic N) is 4. The lowest BCUT2D eigenvalue weighted by molar-refractivity contribution is -0.384. The number of para-hydroxylation sites is 1. The molecule has 1 amide bonds. The zero-order valence-electron chi connectivity index (χ0n) is 18.6. The molecule has 2 heterocycles. The van der Waals surface area contributed by atoms with Gasteiger partial charge in [-0.05, 0) is 29.8 Å². The minimum Gasteiger partial charge on any atom is -0.378 e. The number of anilines is 2. The van der Waals surface area contributed by atoms with E-state index < -0.39 is 16.6 Å². The SMILES string of the molecule is O=C(c1ccc(N2CCOCC2)c([N+](=O)[O-])c1)N(Cc1ccccc1)c1nc2c(F)cccc2s1. The summed E-state index contributed by atoms with van der Waals surface area (Å²) >= 11 is 1.20. The van der Waals surface area contributed by atoms with Gasteiger partial charge in [-0.15, -0.1) is 0 Å². The van der Waals surface area contributed by atoms with Crippen LogP contribution in [0.5, 0.6) is 0 Å². The molecule has 10 heteroatoms. The maximum Gasteiger partial charge on any atom is 0.293 e. The Morgan fingerprint density at radius 2 is 1.89 bits per heavy atom. The number of amides is 1. The van der Waals surface area contributed by atoms with E-state index in [9.17, 15) is 19.3 Å². The Bertz CT molecular complexity index is 1390. The summed E-state index contributed by atoms with van der Waals surface area (Å²) in [5.74, 6) is -0.924. The predicted molar refractivity (Wildman–Crippen MR) is 133 cm³/mol. The van der Waals surface area contributed by atoms with E-state index in [-0.39, 0.29) is 23.3 Å². The van der Waals surface area contributed by atoms with Crippen molar-refractivity contribution in [1.82, 2.24) is 4.98 Å². The number of benzene rings is 3. The number of fused-ring (bicyclic) bond motifs is 1. The molecule has 0 aliphatic carbocycles. The molecule has 0 unspecified atom stereocenters. The summed E-state index contributed by atoms with van der Waals surface area (Å²) in [5, 5.41) is 12.2. The number of rotatable bonds is 6. The lowest BCUT2D eigenvalue weighted by atomic mass is 10.1. The molecule has 0 N–H and O–H groups in total. The van der Waals surface area contributed by atoms with E-state index in [1.54, 1.807) is 24.3 Å².